The summed E-state index contributed by atoms with van der Waals surface area (Å²) in [7, 11) is 0. The maximum Gasteiger partial charge on any atom is 0.186 e. The summed E-state index contributed by atoms with van der Waals surface area (Å²) in [6, 6.07) is 1.22. The van der Waals surface area contributed by atoms with Crippen LogP contribution in [0.4, 0.5) is 5.13 Å². The average Bonchev–Trinajstić information content (AvgIpc) is 2.91. The second-order valence-electron chi connectivity index (χ2n) is 4.77. The summed E-state index contributed by atoms with van der Waals surface area (Å²) in [5, 5.41) is 10.5. The highest BCUT2D eigenvalue weighted by molar-refractivity contribution is 7.15. The fourth-order valence-electron chi connectivity index (χ4n) is 2.70. The zero-order valence-corrected chi connectivity index (χ0v) is 11.8. The predicted molar refractivity (Wildman–Crippen MR) is 72.7 cm³/mol. The fourth-order valence-corrected chi connectivity index (χ4v) is 3.88. The summed E-state index contributed by atoms with van der Waals surface area (Å²) in [4.78, 5) is 8.21. The van der Waals surface area contributed by atoms with Crippen LogP contribution in [0.3, 0.4) is 0 Å². The molecule has 1 saturated heterocycles. The number of anilines is 1. The van der Waals surface area contributed by atoms with Crippen molar-refractivity contribution < 1.29 is 5.11 Å². The Morgan fingerprint density at radius 1 is 1.41 bits per heavy atom. The Morgan fingerprint density at radius 2 is 2.18 bits per heavy atom. The molecule has 0 bridgehead atoms. The molecule has 1 aliphatic heterocycles. The van der Waals surface area contributed by atoms with E-state index in [0.717, 1.165) is 22.1 Å². The summed E-state index contributed by atoms with van der Waals surface area (Å²) in [5.74, 6) is 0. The maximum absolute atomic E-state index is 9.35. The van der Waals surface area contributed by atoms with Gasteiger partial charge in [0.25, 0.3) is 0 Å². The van der Waals surface area contributed by atoms with Crippen LogP contribution in [0.15, 0.2) is 0 Å². The molecule has 1 aliphatic rings. The van der Waals surface area contributed by atoms with Gasteiger partial charge in [-0.25, -0.2) is 4.98 Å². The number of rotatable bonds is 4. The van der Waals surface area contributed by atoms with Crippen molar-refractivity contribution in [2.75, 3.05) is 4.90 Å². The number of hydrogen-bond acceptors (Lipinski definition) is 4. The normalized spacial score (nSPS) is 24.6. The van der Waals surface area contributed by atoms with Crippen LogP contribution in [-0.4, -0.2) is 22.2 Å². The van der Waals surface area contributed by atoms with Gasteiger partial charge in [-0.3, -0.25) is 0 Å². The zero-order valence-electron chi connectivity index (χ0n) is 10.9. The van der Waals surface area contributed by atoms with Crippen molar-refractivity contribution in [1.82, 2.24) is 4.98 Å². The first-order valence-electron chi connectivity index (χ1n) is 6.59. The Balaban J connectivity index is 2.29. The number of thiazole rings is 1. The molecule has 0 aliphatic carbocycles. The predicted octanol–water partition coefficient (Wildman–Crippen LogP) is 2.97. The van der Waals surface area contributed by atoms with Crippen molar-refractivity contribution in [2.45, 2.75) is 65.1 Å². The van der Waals surface area contributed by atoms with E-state index in [1.54, 1.807) is 11.3 Å². The van der Waals surface area contributed by atoms with Crippen LogP contribution < -0.4 is 4.90 Å². The third-order valence-corrected chi connectivity index (χ3v) is 4.82. The molecule has 2 rings (SSSR count). The minimum absolute atomic E-state index is 0.125. The first kappa shape index (κ1) is 12.8. The smallest absolute Gasteiger partial charge is 0.186 e. The highest BCUT2D eigenvalue weighted by Gasteiger charge is 2.31. The summed E-state index contributed by atoms with van der Waals surface area (Å²) >= 11 is 1.67. The minimum Gasteiger partial charge on any atom is -0.391 e. The minimum atomic E-state index is 0.125. The second-order valence-corrected chi connectivity index (χ2v) is 5.84. The fraction of sp³-hybridized carbons (Fsp3) is 0.769. The first-order chi connectivity index (χ1) is 8.21. The molecule has 0 spiro atoms. The van der Waals surface area contributed by atoms with Gasteiger partial charge in [-0.1, -0.05) is 25.2 Å². The lowest BCUT2D eigenvalue weighted by Gasteiger charge is -2.27. The summed E-state index contributed by atoms with van der Waals surface area (Å²) in [5.41, 5.74) is 1.07. The summed E-state index contributed by atoms with van der Waals surface area (Å²) in [6.45, 7) is 6.75. The molecular formula is C13H22N2OS. The van der Waals surface area contributed by atoms with Crippen LogP contribution in [0.1, 0.15) is 50.6 Å². The van der Waals surface area contributed by atoms with Crippen LogP contribution in [0, 0.1) is 0 Å². The summed E-state index contributed by atoms with van der Waals surface area (Å²) in [6.07, 6.45) is 4.62. The molecule has 2 atom stereocenters. The Bertz CT molecular complexity index is 356. The first-order valence-corrected chi connectivity index (χ1v) is 7.40. The monoisotopic (exact) mass is 254 g/mol. The van der Waals surface area contributed by atoms with Crippen molar-refractivity contribution in [3.05, 3.63) is 10.6 Å². The number of aryl methyl sites for hydroxylation is 1. The molecule has 0 aromatic carbocycles. The molecule has 2 heterocycles. The molecule has 0 saturated carbocycles. The highest BCUT2D eigenvalue weighted by Crippen LogP contribution is 2.36. The molecule has 1 aromatic rings. The second kappa shape index (κ2) is 5.36. The number of aliphatic hydroxyl groups is 1. The third kappa shape index (κ3) is 2.33. The van der Waals surface area contributed by atoms with Crippen molar-refractivity contribution in [1.29, 1.82) is 0 Å². The third-order valence-electron chi connectivity index (χ3n) is 3.72. The average molecular weight is 254 g/mol. The van der Waals surface area contributed by atoms with Gasteiger partial charge in [0, 0.05) is 12.1 Å². The highest BCUT2D eigenvalue weighted by atomic mass is 32.1. The molecule has 96 valence electrons. The Morgan fingerprint density at radius 3 is 2.71 bits per heavy atom. The lowest BCUT2D eigenvalue weighted by atomic mass is 10.2. The van der Waals surface area contributed by atoms with Gasteiger partial charge >= 0.3 is 0 Å². The van der Waals surface area contributed by atoms with E-state index < -0.39 is 0 Å². The molecule has 4 heteroatoms. The number of aliphatic hydroxyl groups excluding tert-OH is 1. The van der Waals surface area contributed by atoms with Crippen LogP contribution in [0.2, 0.25) is 0 Å². The number of aromatic nitrogens is 1. The van der Waals surface area contributed by atoms with E-state index in [-0.39, 0.29) is 6.61 Å². The van der Waals surface area contributed by atoms with Crippen molar-refractivity contribution in [2.24, 2.45) is 0 Å². The van der Waals surface area contributed by atoms with Crippen molar-refractivity contribution >= 4 is 16.5 Å². The lowest BCUT2D eigenvalue weighted by molar-refractivity contribution is 0.284. The number of hydrogen-bond donors (Lipinski definition) is 1. The number of nitrogens with zero attached hydrogens (tertiary/aromatic N) is 2. The van der Waals surface area contributed by atoms with Gasteiger partial charge in [0.15, 0.2) is 5.13 Å². The van der Waals surface area contributed by atoms with Gasteiger partial charge in [-0.2, -0.15) is 0 Å². The Labute approximate surface area is 107 Å². The van der Waals surface area contributed by atoms with Gasteiger partial charge < -0.3 is 10.0 Å². The lowest BCUT2D eigenvalue weighted by Crippen LogP contribution is -2.33. The van der Waals surface area contributed by atoms with E-state index in [4.69, 9.17) is 4.98 Å². The molecule has 17 heavy (non-hydrogen) atoms. The standard InChI is InChI=1S/C13H22N2OS/c1-4-10-7-6-9(3)15(10)13-14-11(5-2)12(8-16)17-13/h9-10,16H,4-8H2,1-3H3. The van der Waals surface area contributed by atoms with E-state index in [1.807, 2.05) is 0 Å². The molecule has 1 fully saturated rings. The molecular weight excluding hydrogens is 232 g/mol. The SMILES string of the molecule is CCc1nc(N2C(C)CCC2CC)sc1CO. The van der Waals surface area contributed by atoms with E-state index in [1.165, 1.54) is 19.3 Å². The van der Waals surface area contributed by atoms with Gasteiger partial charge in [0.2, 0.25) is 0 Å². The van der Waals surface area contributed by atoms with Gasteiger partial charge in [0.1, 0.15) is 0 Å². The Hall–Kier alpha value is -0.610. The molecule has 0 amide bonds. The van der Waals surface area contributed by atoms with E-state index in [9.17, 15) is 5.11 Å². The summed E-state index contributed by atoms with van der Waals surface area (Å²) < 4.78 is 0. The molecule has 1 aromatic heterocycles. The van der Waals surface area contributed by atoms with Crippen molar-refractivity contribution in [3.8, 4) is 0 Å². The zero-order chi connectivity index (χ0) is 12.4. The molecule has 0 radical (unpaired) electrons. The van der Waals surface area contributed by atoms with Gasteiger partial charge in [-0.15, -0.1) is 0 Å². The van der Waals surface area contributed by atoms with E-state index in [2.05, 4.69) is 25.7 Å². The maximum atomic E-state index is 9.35. The van der Waals surface area contributed by atoms with Crippen LogP contribution in [0.5, 0.6) is 0 Å². The largest absolute Gasteiger partial charge is 0.391 e. The molecule has 1 N–H and O–H groups in total. The van der Waals surface area contributed by atoms with E-state index >= 15 is 0 Å². The van der Waals surface area contributed by atoms with Crippen LogP contribution >= 0.6 is 11.3 Å². The van der Waals surface area contributed by atoms with E-state index in [0.29, 0.717) is 12.1 Å². The van der Waals surface area contributed by atoms with Gasteiger partial charge in [0.05, 0.1) is 17.2 Å². The van der Waals surface area contributed by atoms with Crippen molar-refractivity contribution in [3.63, 3.8) is 0 Å². The van der Waals surface area contributed by atoms with Gasteiger partial charge in [-0.05, 0) is 32.6 Å². The van der Waals surface area contributed by atoms with Crippen LogP contribution in [0.25, 0.3) is 0 Å². The Kier molecular flexibility index (Phi) is 4.05. The quantitative estimate of drug-likeness (QED) is 0.897. The molecule has 2 unspecified atom stereocenters. The topological polar surface area (TPSA) is 36.4 Å². The molecule has 3 nitrogen and oxygen atoms in total. The van der Waals surface area contributed by atoms with Crippen LogP contribution in [-0.2, 0) is 13.0 Å².